The highest BCUT2D eigenvalue weighted by Crippen LogP contribution is 2.23. The molecule has 1 saturated heterocycles. The molecule has 0 N–H and O–H groups in total. The highest BCUT2D eigenvalue weighted by atomic mass is 16.6. The second kappa shape index (κ2) is 7.46. The zero-order valence-electron chi connectivity index (χ0n) is 14.3. The van der Waals surface area contributed by atoms with Crippen molar-refractivity contribution < 1.29 is 18.8 Å². The van der Waals surface area contributed by atoms with Gasteiger partial charge in [-0.1, -0.05) is 35.5 Å². The maximum Gasteiger partial charge on any atom is 0.312 e. The number of carbonyl (C=O) groups is 2. The minimum Gasteiger partial charge on any atom is -0.452 e. The van der Waals surface area contributed by atoms with Crippen molar-refractivity contribution in [2.24, 2.45) is 5.92 Å². The summed E-state index contributed by atoms with van der Waals surface area (Å²) in [6, 6.07) is 9.97. The lowest BCUT2D eigenvalue weighted by Gasteiger charge is -2.17. The number of likely N-dealkylation sites (tertiary alicyclic amines) is 1. The Balaban J connectivity index is 1.52. The minimum atomic E-state index is -0.623. The first-order chi connectivity index (χ1) is 12.0. The van der Waals surface area contributed by atoms with E-state index in [2.05, 4.69) is 10.1 Å². The number of nitrogens with zero attached hydrogens (tertiary/aromatic N) is 3. The first-order valence-corrected chi connectivity index (χ1v) is 8.35. The molecule has 7 heteroatoms. The van der Waals surface area contributed by atoms with Crippen LogP contribution in [0.1, 0.15) is 36.7 Å². The third kappa shape index (κ3) is 4.23. The van der Waals surface area contributed by atoms with Crippen molar-refractivity contribution in [3.05, 3.63) is 47.6 Å². The van der Waals surface area contributed by atoms with Crippen LogP contribution in [0.2, 0.25) is 0 Å². The summed E-state index contributed by atoms with van der Waals surface area (Å²) >= 11 is 0. The molecule has 2 atom stereocenters. The molecular formula is C18H21N3O4. The van der Waals surface area contributed by atoms with Gasteiger partial charge in [-0.3, -0.25) is 9.59 Å². The van der Waals surface area contributed by atoms with Crippen LogP contribution in [0.4, 0.5) is 0 Å². The van der Waals surface area contributed by atoms with Gasteiger partial charge in [0.15, 0.2) is 11.9 Å². The normalized spacial score (nSPS) is 18.4. The number of benzene rings is 1. The molecule has 2 aromatic rings. The summed E-state index contributed by atoms with van der Waals surface area (Å²) in [5.41, 5.74) is 1.17. The Morgan fingerprint density at radius 3 is 2.84 bits per heavy atom. The molecule has 1 aromatic carbocycles. The summed E-state index contributed by atoms with van der Waals surface area (Å²) in [7, 11) is 0. The van der Waals surface area contributed by atoms with Gasteiger partial charge in [-0.2, -0.15) is 4.98 Å². The quantitative estimate of drug-likeness (QED) is 0.747. The molecule has 25 heavy (non-hydrogen) atoms. The molecule has 0 spiro atoms. The molecule has 2 unspecified atom stereocenters. The standard InChI is InChI=1S/C18H21N3O4/c1-12(17-19-13(2)20-25-17)24-18(23)15-10-16(22)21(11-15)9-8-14-6-4-3-5-7-14/h3-7,12,15H,8-11H2,1-2H3. The van der Waals surface area contributed by atoms with Gasteiger partial charge in [0, 0.05) is 19.5 Å². The SMILES string of the molecule is Cc1noc(C(C)OC(=O)C2CC(=O)N(CCc3ccccc3)C2)n1. The Morgan fingerprint density at radius 1 is 1.40 bits per heavy atom. The highest BCUT2D eigenvalue weighted by molar-refractivity contribution is 5.86. The monoisotopic (exact) mass is 343 g/mol. The van der Waals surface area contributed by atoms with Crippen molar-refractivity contribution >= 4 is 11.9 Å². The molecule has 0 saturated carbocycles. The van der Waals surface area contributed by atoms with E-state index in [0.29, 0.717) is 18.9 Å². The molecule has 7 nitrogen and oxygen atoms in total. The smallest absolute Gasteiger partial charge is 0.312 e. The van der Waals surface area contributed by atoms with Gasteiger partial charge >= 0.3 is 5.97 Å². The van der Waals surface area contributed by atoms with Gasteiger partial charge < -0.3 is 14.2 Å². The Hall–Kier alpha value is -2.70. The lowest BCUT2D eigenvalue weighted by Crippen LogP contribution is -2.29. The van der Waals surface area contributed by atoms with E-state index in [9.17, 15) is 9.59 Å². The van der Waals surface area contributed by atoms with E-state index in [-0.39, 0.29) is 18.2 Å². The van der Waals surface area contributed by atoms with E-state index in [0.717, 1.165) is 6.42 Å². The van der Waals surface area contributed by atoms with Gasteiger partial charge in [0.25, 0.3) is 5.89 Å². The third-order valence-electron chi connectivity index (χ3n) is 4.25. The van der Waals surface area contributed by atoms with Crippen LogP contribution in [-0.2, 0) is 20.7 Å². The highest BCUT2D eigenvalue weighted by Gasteiger charge is 2.36. The van der Waals surface area contributed by atoms with Crippen LogP contribution in [0.15, 0.2) is 34.9 Å². The summed E-state index contributed by atoms with van der Waals surface area (Å²) in [6.07, 6.45) is 0.331. The van der Waals surface area contributed by atoms with Gasteiger partial charge in [-0.05, 0) is 25.8 Å². The second-order valence-corrected chi connectivity index (χ2v) is 6.24. The number of hydrogen-bond acceptors (Lipinski definition) is 6. The van der Waals surface area contributed by atoms with Crippen LogP contribution in [0.5, 0.6) is 0 Å². The number of carbonyl (C=O) groups excluding carboxylic acids is 2. The number of hydrogen-bond donors (Lipinski definition) is 0. The molecule has 1 aliphatic rings. The van der Waals surface area contributed by atoms with Crippen LogP contribution >= 0.6 is 0 Å². The molecule has 2 heterocycles. The van der Waals surface area contributed by atoms with Crippen molar-refractivity contribution in [3.63, 3.8) is 0 Å². The fraction of sp³-hybridized carbons (Fsp3) is 0.444. The fourth-order valence-electron chi connectivity index (χ4n) is 2.85. The number of aromatic nitrogens is 2. The van der Waals surface area contributed by atoms with Crippen LogP contribution in [-0.4, -0.2) is 40.0 Å². The first kappa shape index (κ1) is 17.1. The summed E-state index contributed by atoms with van der Waals surface area (Å²) in [5, 5.41) is 3.68. The molecule has 1 fully saturated rings. The minimum absolute atomic E-state index is 0.0147. The van der Waals surface area contributed by atoms with Crippen LogP contribution in [0.3, 0.4) is 0 Å². The topological polar surface area (TPSA) is 85.5 Å². The first-order valence-electron chi connectivity index (χ1n) is 8.35. The van der Waals surface area contributed by atoms with E-state index in [1.165, 1.54) is 5.56 Å². The number of ether oxygens (including phenoxy) is 1. The van der Waals surface area contributed by atoms with Crippen LogP contribution in [0.25, 0.3) is 0 Å². The Labute approximate surface area is 146 Å². The van der Waals surface area contributed by atoms with Crippen molar-refractivity contribution in [2.45, 2.75) is 32.8 Å². The average Bonchev–Trinajstić information content (AvgIpc) is 3.20. The van der Waals surface area contributed by atoms with E-state index >= 15 is 0 Å². The van der Waals surface area contributed by atoms with Crippen molar-refractivity contribution in [3.8, 4) is 0 Å². The number of amides is 1. The van der Waals surface area contributed by atoms with Crippen LogP contribution < -0.4 is 0 Å². The van der Waals surface area contributed by atoms with E-state index < -0.39 is 18.0 Å². The van der Waals surface area contributed by atoms with Crippen molar-refractivity contribution in [2.75, 3.05) is 13.1 Å². The predicted molar refractivity (Wildman–Crippen MR) is 88.4 cm³/mol. The van der Waals surface area contributed by atoms with Crippen molar-refractivity contribution in [1.29, 1.82) is 0 Å². The number of aryl methyl sites for hydroxylation is 1. The molecule has 0 bridgehead atoms. The summed E-state index contributed by atoms with van der Waals surface area (Å²) in [6.45, 7) is 4.36. The third-order valence-corrected chi connectivity index (χ3v) is 4.25. The molecule has 132 valence electrons. The zero-order chi connectivity index (χ0) is 17.8. The maximum atomic E-state index is 12.3. The molecular weight excluding hydrogens is 322 g/mol. The molecule has 1 aromatic heterocycles. The van der Waals surface area contributed by atoms with E-state index in [1.54, 1.807) is 18.7 Å². The number of esters is 1. The maximum absolute atomic E-state index is 12.3. The number of rotatable bonds is 6. The summed E-state index contributed by atoms with van der Waals surface area (Å²) in [5.74, 6) is -0.120. The van der Waals surface area contributed by atoms with Crippen LogP contribution in [0, 0.1) is 12.8 Å². The zero-order valence-corrected chi connectivity index (χ0v) is 14.3. The Bertz CT molecular complexity index is 744. The van der Waals surface area contributed by atoms with Gasteiger partial charge in [-0.15, -0.1) is 0 Å². The predicted octanol–water partition coefficient (Wildman–Crippen LogP) is 2.07. The molecule has 0 aliphatic carbocycles. The van der Waals surface area contributed by atoms with Gasteiger partial charge in [0.1, 0.15) is 0 Å². The molecule has 0 radical (unpaired) electrons. The Kier molecular flexibility index (Phi) is 5.11. The summed E-state index contributed by atoms with van der Waals surface area (Å²) < 4.78 is 10.4. The lowest BCUT2D eigenvalue weighted by molar-refractivity contribution is -0.154. The van der Waals surface area contributed by atoms with Crippen molar-refractivity contribution in [1.82, 2.24) is 15.0 Å². The molecule has 1 amide bonds. The van der Waals surface area contributed by atoms with Gasteiger partial charge in [0.05, 0.1) is 5.92 Å². The second-order valence-electron chi connectivity index (χ2n) is 6.24. The summed E-state index contributed by atoms with van der Waals surface area (Å²) in [4.78, 5) is 30.2. The molecule has 1 aliphatic heterocycles. The fourth-order valence-corrected chi connectivity index (χ4v) is 2.85. The molecule has 3 rings (SSSR count). The average molecular weight is 343 g/mol. The largest absolute Gasteiger partial charge is 0.452 e. The Morgan fingerprint density at radius 2 is 2.16 bits per heavy atom. The van der Waals surface area contributed by atoms with E-state index in [4.69, 9.17) is 9.26 Å². The lowest BCUT2D eigenvalue weighted by atomic mass is 10.1. The van der Waals surface area contributed by atoms with Gasteiger partial charge in [-0.25, -0.2) is 0 Å². The van der Waals surface area contributed by atoms with Gasteiger partial charge in [0.2, 0.25) is 5.91 Å². The van der Waals surface area contributed by atoms with E-state index in [1.807, 2.05) is 30.3 Å².